The second-order valence-electron chi connectivity index (χ2n) is 4.29. The molecule has 0 aromatic heterocycles. The van der Waals surface area contributed by atoms with Crippen molar-refractivity contribution < 1.29 is 14.7 Å². The molecule has 0 fully saturated rings. The molecule has 0 unspecified atom stereocenters. The van der Waals surface area contributed by atoms with Gasteiger partial charge in [0.05, 0.1) is 5.97 Å². The first-order chi connectivity index (χ1) is 10.5. The molecule has 0 aliphatic carbocycles. The summed E-state index contributed by atoms with van der Waals surface area (Å²) in [6.45, 7) is 0. The van der Waals surface area contributed by atoms with Crippen molar-refractivity contribution in [1.82, 2.24) is 5.32 Å². The van der Waals surface area contributed by atoms with Crippen molar-refractivity contribution in [2.45, 2.75) is 0 Å². The van der Waals surface area contributed by atoms with E-state index in [0.29, 0.717) is 11.3 Å². The van der Waals surface area contributed by atoms with Crippen LogP contribution in [0.1, 0.15) is 20.7 Å². The van der Waals surface area contributed by atoms with Crippen LogP contribution in [0.5, 0.6) is 0 Å². The van der Waals surface area contributed by atoms with E-state index < -0.39 is 5.97 Å². The van der Waals surface area contributed by atoms with Gasteiger partial charge < -0.3 is 15.2 Å². The van der Waals surface area contributed by atoms with Gasteiger partial charge in [-0.3, -0.25) is 10.1 Å². The molecule has 0 aliphatic heterocycles. The summed E-state index contributed by atoms with van der Waals surface area (Å²) in [5.74, 6) is -1.65. The number of carbonyl (C=O) groups is 2. The summed E-state index contributed by atoms with van der Waals surface area (Å²) in [5.41, 5.74) is 0.911. The van der Waals surface area contributed by atoms with Crippen LogP contribution in [0.2, 0.25) is 0 Å². The quantitative estimate of drug-likeness (QED) is 0.798. The minimum Gasteiger partial charge on any atom is -0.545 e. The maximum Gasteiger partial charge on any atom is 0.257 e. The Morgan fingerprint density at radius 2 is 1.73 bits per heavy atom. The van der Waals surface area contributed by atoms with Gasteiger partial charge in [-0.2, -0.15) is 0 Å². The molecule has 0 saturated carbocycles. The van der Waals surface area contributed by atoms with Crippen LogP contribution in [-0.2, 0) is 0 Å². The van der Waals surface area contributed by atoms with Crippen LogP contribution in [0, 0.1) is 0 Å². The number of benzene rings is 2. The fraction of sp³-hybridized carbons (Fsp3) is 0. The van der Waals surface area contributed by atoms with Crippen LogP contribution >= 0.6 is 28.1 Å². The Bertz CT molecular complexity index is 749. The number of amides is 1. The second-order valence-corrected chi connectivity index (χ2v) is 5.61. The van der Waals surface area contributed by atoms with Crippen molar-refractivity contribution in [3.8, 4) is 0 Å². The lowest BCUT2D eigenvalue weighted by atomic mass is 10.2. The van der Waals surface area contributed by atoms with Gasteiger partial charge in [-0.15, -0.1) is 0 Å². The lowest BCUT2D eigenvalue weighted by Gasteiger charge is -2.11. The molecule has 0 radical (unpaired) electrons. The Kier molecular flexibility index (Phi) is 5.24. The summed E-state index contributed by atoms with van der Waals surface area (Å²) in [7, 11) is 0. The average Bonchev–Trinajstić information content (AvgIpc) is 2.47. The summed E-state index contributed by atoms with van der Waals surface area (Å²) in [4.78, 5) is 22.8. The number of thiocarbonyl (C=S) groups is 1. The molecule has 112 valence electrons. The number of nitrogens with one attached hydrogen (secondary N) is 2. The van der Waals surface area contributed by atoms with Crippen LogP contribution in [0.4, 0.5) is 5.69 Å². The highest BCUT2D eigenvalue weighted by molar-refractivity contribution is 9.10. The molecule has 0 spiro atoms. The lowest BCUT2D eigenvalue weighted by Crippen LogP contribution is -2.34. The van der Waals surface area contributed by atoms with E-state index in [1.165, 1.54) is 12.1 Å². The molecule has 2 N–H and O–H groups in total. The van der Waals surface area contributed by atoms with Crippen LogP contribution in [0.3, 0.4) is 0 Å². The van der Waals surface area contributed by atoms with Gasteiger partial charge in [0.15, 0.2) is 5.11 Å². The van der Waals surface area contributed by atoms with E-state index in [2.05, 4.69) is 26.6 Å². The van der Waals surface area contributed by atoms with E-state index in [9.17, 15) is 14.7 Å². The zero-order valence-corrected chi connectivity index (χ0v) is 13.5. The molecule has 2 rings (SSSR count). The van der Waals surface area contributed by atoms with E-state index in [1.54, 1.807) is 36.4 Å². The van der Waals surface area contributed by atoms with Crippen molar-refractivity contribution in [2.24, 2.45) is 0 Å². The zero-order chi connectivity index (χ0) is 16.1. The van der Waals surface area contributed by atoms with Gasteiger partial charge in [0.1, 0.15) is 0 Å². The highest BCUT2D eigenvalue weighted by Gasteiger charge is 2.08. The Labute approximate surface area is 140 Å². The van der Waals surface area contributed by atoms with Crippen molar-refractivity contribution in [3.05, 3.63) is 64.1 Å². The standard InChI is InChI=1S/C15H11BrN2O3S/c16-11-5-1-3-9(7-11)13(19)18-15(22)17-12-6-2-4-10(8-12)14(20)21/h1-8H,(H,20,21)(H2,17,18,19,22)/p-1. The van der Waals surface area contributed by atoms with Gasteiger partial charge >= 0.3 is 0 Å². The van der Waals surface area contributed by atoms with Crippen LogP contribution < -0.4 is 15.7 Å². The van der Waals surface area contributed by atoms with Crippen molar-refractivity contribution in [1.29, 1.82) is 0 Å². The number of carboxylic acid groups (broad SMARTS) is 1. The van der Waals surface area contributed by atoms with Crippen LogP contribution in [-0.4, -0.2) is 17.0 Å². The van der Waals surface area contributed by atoms with Gasteiger partial charge in [0, 0.05) is 15.7 Å². The molecule has 0 bridgehead atoms. The van der Waals surface area contributed by atoms with Gasteiger partial charge in [-0.25, -0.2) is 0 Å². The van der Waals surface area contributed by atoms with Gasteiger partial charge in [0.2, 0.25) is 0 Å². The van der Waals surface area contributed by atoms with Gasteiger partial charge in [-0.1, -0.05) is 34.1 Å². The number of carboxylic acids is 1. The van der Waals surface area contributed by atoms with Crippen LogP contribution in [0.25, 0.3) is 0 Å². The summed E-state index contributed by atoms with van der Waals surface area (Å²) in [5, 5.41) is 16.1. The Balaban J connectivity index is 2.02. The third kappa shape index (κ3) is 4.37. The van der Waals surface area contributed by atoms with Crippen molar-refractivity contribution >= 4 is 50.8 Å². The average molecular weight is 378 g/mol. The number of hydrogen-bond acceptors (Lipinski definition) is 4. The smallest absolute Gasteiger partial charge is 0.257 e. The molecule has 0 heterocycles. The molecule has 7 heteroatoms. The van der Waals surface area contributed by atoms with E-state index >= 15 is 0 Å². The second kappa shape index (κ2) is 7.15. The van der Waals surface area contributed by atoms with E-state index in [4.69, 9.17) is 12.2 Å². The summed E-state index contributed by atoms with van der Waals surface area (Å²) in [6, 6.07) is 12.8. The summed E-state index contributed by atoms with van der Waals surface area (Å²) in [6.07, 6.45) is 0. The fourth-order valence-electron chi connectivity index (χ4n) is 1.69. The van der Waals surface area contributed by atoms with Gasteiger partial charge in [-0.05, 0) is 48.1 Å². The molecule has 0 aliphatic rings. The maximum absolute atomic E-state index is 12.0. The number of anilines is 1. The molecule has 0 saturated heterocycles. The third-order valence-electron chi connectivity index (χ3n) is 2.67. The molecule has 1 amide bonds. The SMILES string of the molecule is O=C([O-])c1cccc(NC(=S)NC(=O)c2cccc(Br)c2)c1. The molecule has 2 aromatic rings. The number of aromatic carboxylic acids is 1. The minimum atomic E-state index is -1.28. The predicted molar refractivity (Wildman–Crippen MR) is 88.6 cm³/mol. The van der Waals surface area contributed by atoms with E-state index in [1.807, 2.05) is 0 Å². The Morgan fingerprint density at radius 3 is 2.41 bits per heavy atom. The van der Waals surface area contributed by atoms with Crippen molar-refractivity contribution in [2.75, 3.05) is 5.32 Å². The summed E-state index contributed by atoms with van der Waals surface area (Å²) >= 11 is 8.32. The largest absolute Gasteiger partial charge is 0.545 e. The first kappa shape index (κ1) is 16.1. The molecule has 5 nitrogen and oxygen atoms in total. The normalized spacial score (nSPS) is 9.86. The summed E-state index contributed by atoms with van der Waals surface area (Å²) < 4.78 is 0.778. The molecular weight excluding hydrogens is 368 g/mol. The number of hydrogen-bond donors (Lipinski definition) is 2. The molecule has 2 aromatic carbocycles. The molecule has 0 atom stereocenters. The first-order valence-electron chi connectivity index (χ1n) is 6.15. The topological polar surface area (TPSA) is 81.3 Å². The maximum atomic E-state index is 12.0. The van der Waals surface area contributed by atoms with E-state index in [0.717, 1.165) is 4.47 Å². The lowest BCUT2D eigenvalue weighted by molar-refractivity contribution is -0.255. The monoisotopic (exact) mass is 377 g/mol. The Hall–Kier alpha value is -2.25. The number of rotatable bonds is 3. The highest BCUT2D eigenvalue weighted by Crippen LogP contribution is 2.12. The Morgan fingerprint density at radius 1 is 1.05 bits per heavy atom. The van der Waals surface area contributed by atoms with E-state index in [-0.39, 0.29) is 16.6 Å². The number of halogens is 1. The predicted octanol–water partition coefficient (Wildman–Crippen LogP) is 1.94. The number of carbonyl (C=O) groups excluding carboxylic acids is 2. The fourth-order valence-corrected chi connectivity index (χ4v) is 2.30. The first-order valence-corrected chi connectivity index (χ1v) is 7.35. The van der Waals surface area contributed by atoms with Crippen LogP contribution in [0.15, 0.2) is 53.0 Å². The minimum absolute atomic E-state index is 0.0196. The van der Waals surface area contributed by atoms with Gasteiger partial charge in [0.25, 0.3) is 5.91 Å². The molecule has 22 heavy (non-hydrogen) atoms. The third-order valence-corrected chi connectivity index (χ3v) is 3.37. The molecular formula is C15H10BrN2O3S-. The van der Waals surface area contributed by atoms with Crippen molar-refractivity contribution in [3.63, 3.8) is 0 Å². The highest BCUT2D eigenvalue weighted by atomic mass is 79.9. The zero-order valence-electron chi connectivity index (χ0n) is 11.1.